The lowest BCUT2D eigenvalue weighted by Crippen LogP contribution is -2.49. The molecule has 1 unspecified atom stereocenters. The number of nitrogens with zero attached hydrogens (tertiary/aromatic N) is 3. The van der Waals surface area contributed by atoms with Gasteiger partial charge in [-0.05, 0) is 42.4 Å². The van der Waals surface area contributed by atoms with Crippen LogP contribution in [0.3, 0.4) is 0 Å². The van der Waals surface area contributed by atoms with Gasteiger partial charge in [0.05, 0.1) is 6.04 Å². The van der Waals surface area contributed by atoms with Gasteiger partial charge in [0.1, 0.15) is 5.82 Å². The number of likely N-dealkylation sites (N-methyl/N-ethyl adjacent to an activating group) is 1. The van der Waals surface area contributed by atoms with Crippen LogP contribution in [-0.2, 0) is 0 Å². The predicted molar refractivity (Wildman–Crippen MR) is 99.4 cm³/mol. The normalized spacial score (nSPS) is 17.0. The van der Waals surface area contributed by atoms with E-state index in [0.717, 1.165) is 38.3 Å². The van der Waals surface area contributed by atoms with Gasteiger partial charge < -0.3 is 10.2 Å². The molecule has 1 aliphatic rings. The van der Waals surface area contributed by atoms with Gasteiger partial charge in [-0.25, -0.2) is 4.39 Å². The van der Waals surface area contributed by atoms with E-state index in [0.29, 0.717) is 12.1 Å². The van der Waals surface area contributed by atoms with E-state index in [-0.39, 0.29) is 17.8 Å². The molecule has 6 heteroatoms. The Morgan fingerprint density at radius 1 is 1.19 bits per heavy atom. The first-order valence-corrected chi connectivity index (χ1v) is 9.07. The van der Waals surface area contributed by atoms with E-state index in [2.05, 4.69) is 27.0 Å². The summed E-state index contributed by atoms with van der Waals surface area (Å²) in [6, 6.07) is 9.66. The minimum atomic E-state index is -0.344. The predicted octanol–water partition coefficient (Wildman–Crippen LogP) is 2.33. The highest BCUT2D eigenvalue weighted by molar-refractivity contribution is 5.94. The number of carbonyl (C=O) groups is 1. The quantitative estimate of drug-likeness (QED) is 0.863. The molecule has 0 bridgehead atoms. The van der Waals surface area contributed by atoms with Crippen molar-refractivity contribution in [2.45, 2.75) is 13.0 Å². The van der Waals surface area contributed by atoms with Gasteiger partial charge in [-0.2, -0.15) is 0 Å². The Bertz CT molecular complexity index is 700. The Labute approximate surface area is 153 Å². The minimum absolute atomic E-state index is 0.0760. The number of nitrogens with one attached hydrogen (secondary N) is 1. The highest BCUT2D eigenvalue weighted by Gasteiger charge is 2.25. The maximum Gasteiger partial charge on any atom is 0.251 e. The summed E-state index contributed by atoms with van der Waals surface area (Å²) in [7, 11) is 0. The molecule has 0 spiro atoms. The third-order valence-corrected chi connectivity index (χ3v) is 4.93. The molecule has 2 heterocycles. The van der Waals surface area contributed by atoms with Crippen LogP contribution in [0.15, 0.2) is 48.8 Å². The molecule has 2 aromatic rings. The third-order valence-electron chi connectivity index (χ3n) is 4.93. The van der Waals surface area contributed by atoms with Crippen LogP contribution in [-0.4, -0.2) is 60.0 Å². The second-order valence-electron chi connectivity index (χ2n) is 6.49. The van der Waals surface area contributed by atoms with Crippen molar-refractivity contribution in [3.05, 3.63) is 65.7 Å². The summed E-state index contributed by atoms with van der Waals surface area (Å²) in [5.41, 5.74) is 1.56. The number of pyridine rings is 1. The van der Waals surface area contributed by atoms with Gasteiger partial charge in [0.25, 0.3) is 5.91 Å². The summed E-state index contributed by atoms with van der Waals surface area (Å²) in [6.45, 7) is 7.70. The molecule has 26 heavy (non-hydrogen) atoms. The van der Waals surface area contributed by atoms with Crippen molar-refractivity contribution in [2.24, 2.45) is 0 Å². The van der Waals surface area contributed by atoms with Gasteiger partial charge in [0.15, 0.2) is 0 Å². The lowest BCUT2D eigenvalue weighted by atomic mass is 10.1. The molecule has 1 atom stereocenters. The molecule has 1 N–H and O–H groups in total. The maximum atomic E-state index is 13.0. The van der Waals surface area contributed by atoms with Crippen LogP contribution < -0.4 is 5.32 Å². The van der Waals surface area contributed by atoms with E-state index in [4.69, 9.17) is 0 Å². The molecule has 1 saturated heterocycles. The van der Waals surface area contributed by atoms with Crippen molar-refractivity contribution in [1.82, 2.24) is 20.1 Å². The summed E-state index contributed by atoms with van der Waals surface area (Å²) >= 11 is 0. The number of aromatic nitrogens is 1. The van der Waals surface area contributed by atoms with Crippen molar-refractivity contribution in [3.63, 3.8) is 0 Å². The van der Waals surface area contributed by atoms with Crippen LogP contribution in [0.4, 0.5) is 4.39 Å². The van der Waals surface area contributed by atoms with Crippen molar-refractivity contribution < 1.29 is 9.18 Å². The van der Waals surface area contributed by atoms with Crippen LogP contribution in [0.5, 0.6) is 0 Å². The zero-order valence-electron chi connectivity index (χ0n) is 15.1. The van der Waals surface area contributed by atoms with E-state index >= 15 is 0 Å². The molecule has 1 aromatic carbocycles. The smallest absolute Gasteiger partial charge is 0.251 e. The Morgan fingerprint density at radius 3 is 2.54 bits per heavy atom. The first-order chi connectivity index (χ1) is 12.7. The number of carbonyl (C=O) groups excluding carboxylic acids is 1. The van der Waals surface area contributed by atoms with Gasteiger partial charge in [0, 0.05) is 50.7 Å². The fourth-order valence-electron chi connectivity index (χ4n) is 3.31. The van der Waals surface area contributed by atoms with Crippen LogP contribution in [0.25, 0.3) is 0 Å². The molecule has 1 aromatic heterocycles. The van der Waals surface area contributed by atoms with Crippen LogP contribution >= 0.6 is 0 Å². The number of piperazine rings is 1. The maximum absolute atomic E-state index is 13.0. The van der Waals surface area contributed by atoms with E-state index in [1.54, 1.807) is 6.20 Å². The zero-order valence-corrected chi connectivity index (χ0v) is 15.1. The summed E-state index contributed by atoms with van der Waals surface area (Å²) in [6.07, 6.45) is 3.62. The Balaban J connectivity index is 1.68. The fourth-order valence-corrected chi connectivity index (χ4v) is 3.31. The first kappa shape index (κ1) is 18.5. The lowest BCUT2D eigenvalue weighted by molar-refractivity contribution is 0.0855. The van der Waals surface area contributed by atoms with Gasteiger partial charge >= 0.3 is 0 Å². The number of hydrogen-bond donors (Lipinski definition) is 1. The molecule has 1 amide bonds. The molecule has 5 nitrogen and oxygen atoms in total. The summed E-state index contributed by atoms with van der Waals surface area (Å²) in [5.74, 6) is -0.533. The van der Waals surface area contributed by atoms with Gasteiger partial charge in [0.2, 0.25) is 0 Å². The number of amides is 1. The molecular weight excluding hydrogens is 331 g/mol. The fraction of sp³-hybridized carbons (Fsp3) is 0.400. The molecule has 1 fully saturated rings. The van der Waals surface area contributed by atoms with E-state index in [1.165, 1.54) is 24.3 Å². The Kier molecular flexibility index (Phi) is 6.30. The summed E-state index contributed by atoms with van der Waals surface area (Å²) < 4.78 is 13.0. The second-order valence-corrected chi connectivity index (χ2v) is 6.49. The monoisotopic (exact) mass is 356 g/mol. The Morgan fingerprint density at radius 2 is 1.92 bits per heavy atom. The third kappa shape index (κ3) is 4.65. The van der Waals surface area contributed by atoms with Crippen molar-refractivity contribution in [1.29, 1.82) is 0 Å². The van der Waals surface area contributed by atoms with Gasteiger partial charge in [-0.1, -0.05) is 13.0 Å². The van der Waals surface area contributed by atoms with Crippen LogP contribution in [0, 0.1) is 5.82 Å². The van der Waals surface area contributed by atoms with Crippen LogP contribution in [0.2, 0.25) is 0 Å². The molecule has 1 aliphatic heterocycles. The van der Waals surface area contributed by atoms with E-state index in [1.807, 2.05) is 18.3 Å². The number of hydrogen-bond acceptors (Lipinski definition) is 4. The highest BCUT2D eigenvalue weighted by atomic mass is 19.1. The zero-order chi connectivity index (χ0) is 18.4. The standard InChI is InChI=1S/C20H25FN4O/c1-2-24-10-12-25(13-11-24)19(17-4-3-9-22-14-17)15-23-20(26)16-5-7-18(21)8-6-16/h3-9,14,19H,2,10-13,15H2,1H3,(H,23,26). The highest BCUT2D eigenvalue weighted by Crippen LogP contribution is 2.21. The number of rotatable bonds is 6. The molecule has 0 radical (unpaired) electrons. The summed E-state index contributed by atoms with van der Waals surface area (Å²) in [4.78, 5) is 21.5. The molecular formula is C20H25FN4O. The Hall–Kier alpha value is -2.31. The van der Waals surface area contributed by atoms with Gasteiger partial charge in [-0.3, -0.25) is 14.7 Å². The average Bonchev–Trinajstić information content (AvgIpc) is 2.70. The first-order valence-electron chi connectivity index (χ1n) is 9.07. The van der Waals surface area contributed by atoms with E-state index in [9.17, 15) is 9.18 Å². The molecule has 138 valence electrons. The molecule has 0 saturated carbocycles. The molecule has 0 aliphatic carbocycles. The number of benzene rings is 1. The van der Waals surface area contributed by atoms with Crippen LogP contribution in [0.1, 0.15) is 28.9 Å². The van der Waals surface area contributed by atoms with Crippen molar-refractivity contribution in [2.75, 3.05) is 39.3 Å². The SMILES string of the molecule is CCN1CCN(C(CNC(=O)c2ccc(F)cc2)c2cccnc2)CC1. The largest absolute Gasteiger partial charge is 0.350 e. The molecule has 3 rings (SSSR count). The summed E-state index contributed by atoms with van der Waals surface area (Å²) in [5, 5.41) is 3.00. The van der Waals surface area contributed by atoms with Crippen molar-refractivity contribution >= 4 is 5.91 Å². The van der Waals surface area contributed by atoms with Gasteiger partial charge in [-0.15, -0.1) is 0 Å². The van der Waals surface area contributed by atoms with E-state index < -0.39 is 0 Å². The topological polar surface area (TPSA) is 48.5 Å². The minimum Gasteiger partial charge on any atom is -0.350 e. The second kappa shape index (κ2) is 8.87. The number of halogens is 1. The van der Waals surface area contributed by atoms with Crippen molar-refractivity contribution in [3.8, 4) is 0 Å². The average molecular weight is 356 g/mol. The lowest BCUT2D eigenvalue weighted by Gasteiger charge is -2.39.